The molecule has 0 atom stereocenters. The molecule has 0 saturated carbocycles. The van der Waals surface area contributed by atoms with Crippen LogP contribution in [-0.4, -0.2) is 23.1 Å². The van der Waals surface area contributed by atoms with Crippen LogP contribution < -0.4 is 10.1 Å². The third-order valence-electron chi connectivity index (χ3n) is 2.41. The number of unbranched alkanes of at least 4 members (excludes halogenated alkanes) is 3. The van der Waals surface area contributed by atoms with Crippen molar-refractivity contribution in [2.75, 3.05) is 18.5 Å². The van der Waals surface area contributed by atoms with Crippen LogP contribution in [0.25, 0.3) is 0 Å². The smallest absolute Gasteiger partial charge is 0.225 e. The average Bonchev–Trinajstić information content (AvgIpc) is 2.37. The van der Waals surface area contributed by atoms with Crippen LogP contribution in [0.2, 0.25) is 0 Å². The molecule has 0 fully saturated rings. The first-order chi connectivity index (χ1) is 8.36. The van der Waals surface area contributed by atoms with E-state index in [9.17, 15) is 0 Å². The minimum Gasteiger partial charge on any atom is -0.478 e. The fourth-order valence-corrected chi connectivity index (χ4v) is 1.45. The number of nitrogens with zero attached hydrogens (tertiary/aromatic N) is 2. The second kappa shape index (κ2) is 8.79. The van der Waals surface area contributed by atoms with Gasteiger partial charge in [0, 0.05) is 18.8 Å². The third-order valence-corrected chi connectivity index (χ3v) is 2.41. The molecule has 1 aromatic rings. The maximum atomic E-state index is 5.58. The summed E-state index contributed by atoms with van der Waals surface area (Å²) in [6.07, 6.45) is 7.63. The van der Waals surface area contributed by atoms with Gasteiger partial charge in [0.2, 0.25) is 11.8 Å². The molecule has 1 aromatic heterocycles. The van der Waals surface area contributed by atoms with Crippen molar-refractivity contribution in [3.8, 4) is 5.88 Å². The van der Waals surface area contributed by atoms with Gasteiger partial charge in [0.15, 0.2) is 0 Å². The molecule has 17 heavy (non-hydrogen) atoms. The molecule has 0 amide bonds. The molecule has 96 valence electrons. The van der Waals surface area contributed by atoms with Crippen molar-refractivity contribution in [3.63, 3.8) is 0 Å². The van der Waals surface area contributed by atoms with E-state index in [0.717, 1.165) is 26.0 Å². The Kier molecular flexibility index (Phi) is 7.11. The van der Waals surface area contributed by atoms with Crippen molar-refractivity contribution in [1.82, 2.24) is 9.97 Å². The van der Waals surface area contributed by atoms with Gasteiger partial charge in [-0.15, -0.1) is 0 Å². The van der Waals surface area contributed by atoms with Gasteiger partial charge in [0.05, 0.1) is 6.61 Å². The highest BCUT2D eigenvalue weighted by Gasteiger charge is 1.99. The molecule has 4 nitrogen and oxygen atoms in total. The lowest BCUT2D eigenvalue weighted by Crippen LogP contribution is -2.06. The van der Waals surface area contributed by atoms with Crippen LogP contribution in [0.4, 0.5) is 5.95 Å². The normalized spacial score (nSPS) is 10.2. The fraction of sp³-hybridized carbons (Fsp3) is 0.692. The molecule has 0 unspecified atom stereocenters. The van der Waals surface area contributed by atoms with E-state index in [0.29, 0.717) is 11.8 Å². The predicted molar refractivity (Wildman–Crippen MR) is 70.4 cm³/mol. The van der Waals surface area contributed by atoms with Crippen LogP contribution in [0, 0.1) is 0 Å². The summed E-state index contributed by atoms with van der Waals surface area (Å²) in [6.45, 7) is 5.95. The number of nitrogens with one attached hydrogen (secondary N) is 1. The Morgan fingerprint density at radius 3 is 2.82 bits per heavy atom. The molecule has 4 heteroatoms. The van der Waals surface area contributed by atoms with Crippen molar-refractivity contribution in [1.29, 1.82) is 0 Å². The molecular weight excluding hydrogens is 214 g/mol. The Labute approximate surface area is 104 Å². The van der Waals surface area contributed by atoms with Crippen LogP contribution >= 0.6 is 0 Å². The predicted octanol–water partition coefficient (Wildman–Crippen LogP) is 3.26. The van der Waals surface area contributed by atoms with E-state index >= 15 is 0 Å². The van der Waals surface area contributed by atoms with Crippen LogP contribution in [0.5, 0.6) is 5.88 Å². The Bertz CT molecular complexity index is 304. The molecule has 0 bridgehead atoms. The first kappa shape index (κ1) is 13.7. The maximum Gasteiger partial charge on any atom is 0.225 e. The monoisotopic (exact) mass is 237 g/mol. The number of aromatic nitrogens is 2. The van der Waals surface area contributed by atoms with E-state index in [2.05, 4.69) is 29.1 Å². The van der Waals surface area contributed by atoms with Gasteiger partial charge in [0.25, 0.3) is 0 Å². The molecule has 1 heterocycles. The van der Waals surface area contributed by atoms with E-state index < -0.39 is 0 Å². The molecular formula is C13H23N3O. The summed E-state index contributed by atoms with van der Waals surface area (Å²) >= 11 is 0. The van der Waals surface area contributed by atoms with Crippen LogP contribution in [0.3, 0.4) is 0 Å². The molecule has 0 aliphatic rings. The van der Waals surface area contributed by atoms with E-state index in [1.165, 1.54) is 19.3 Å². The highest BCUT2D eigenvalue weighted by Crippen LogP contribution is 2.09. The maximum absolute atomic E-state index is 5.58. The summed E-state index contributed by atoms with van der Waals surface area (Å²) in [4.78, 5) is 8.42. The highest BCUT2D eigenvalue weighted by atomic mass is 16.5. The highest BCUT2D eigenvalue weighted by molar-refractivity contribution is 5.27. The number of hydrogen-bond donors (Lipinski definition) is 1. The van der Waals surface area contributed by atoms with Gasteiger partial charge in [-0.3, -0.25) is 0 Å². The lowest BCUT2D eigenvalue weighted by Gasteiger charge is -2.07. The summed E-state index contributed by atoms with van der Waals surface area (Å²) in [5, 5.41) is 3.14. The first-order valence-corrected chi connectivity index (χ1v) is 6.56. The molecule has 0 aliphatic heterocycles. The van der Waals surface area contributed by atoms with E-state index in [4.69, 9.17) is 4.74 Å². The Morgan fingerprint density at radius 2 is 2.06 bits per heavy atom. The molecule has 0 aliphatic carbocycles. The zero-order valence-corrected chi connectivity index (χ0v) is 10.9. The summed E-state index contributed by atoms with van der Waals surface area (Å²) in [7, 11) is 0. The van der Waals surface area contributed by atoms with Gasteiger partial charge in [-0.1, -0.05) is 33.1 Å². The van der Waals surface area contributed by atoms with Crippen molar-refractivity contribution in [3.05, 3.63) is 12.3 Å². The lowest BCUT2D eigenvalue weighted by atomic mass is 10.2. The number of anilines is 1. The minimum absolute atomic E-state index is 0.651. The summed E-state index contributed by atoms with van der Waals surface area (Å²) < 4.78 is 5.58. The van der Waals surface area contributed by atoms with E-state index in [1.54, 1.807) is 12.3 Å². The summed E-state index contributed by atoms with van der Waals surface area (Å²) in [6, 6.07) is 1.80. The van der Waals surface area contributed by atoms with E-state index in [-0.39, 0.29) is 0 Å². The van der Waals surface area contributed by atoms with Gasteiger partial charge in [-0.25, -0.2) is 4.98 Å². The topological polar surface area (TPSA) is 47.0 Å². The van der Waals surface area contributed by atoms with Crippen LogP contribution in [-0.2, 0) is 0 Å². The quantitative estimate of drug-likeness (QED) is 0.670. The molecule has 1 N–H and O–H groups in total. The summed E-state index contributed by atoms with van der Waals surface area (Å²) in [5.74, 6) is 1.31. The first-order valence-electron chi connectivity index (χ1n) is 6.56. The Balaban J connectivity index is 2.27. The van der Waals surface area contributed by atoms with Crippen molar-refractivity contribution >= 4 is 5.95 Å². The average molecular weight is 237 g/mol. The molecule has 1 rings (SSSR count). The standard InChI is InChI=1S/C13H23N3O/c1-3-5-6-7-11-17-12-8-10-15-13(16-12)14-9-4-2/h8,10H,3-7,9,11H2,1-2H3,(H,14,15,16). The Morgan fingerprint density at radius 1 is 1.18 bits per heavy atom. The third kappa shape index (κ3) is 6.09. The van der Waals surface area contributed by atoms with Gasteiger partial charge in [-0.05, 0) is 12.8 Å². The van der Waals surface area contributed by atoms with Gasteiger partial charge < -0.3 is 10.1 Å². The second-order valence-electron chi connectivity index (χ2n) is 4.05. The van der Waals surface area contributed by atoms with E-state index in [1.807, 2.05) is 0 Å². The lowest BCUT2D eigenvalue weighted by molar-refractivity contribution is 0.293. The van der Waals surface area contributed by atoms with Crippen molar-refractivity contribution in [2.45, 2.75) is 46.0 Å². The molecule has 0 aromatic carbocycles. The van der Waals surface area contributed by atoms with Gasteiger partial charge in [0.1, 0.15) is 0 Å². The van der Waals surface area contributed by atoms with Crippen LogP contribution in [0.1, 0.15) is 46.0 Å². The summed E-state index contributed by atoms with van der Waals surface area (Å²) in [5.41, 5.74) is 0. The molecule has 0 spiro atoms. The number of ether oxygens (including phenoxy) is 1. The Hall–Kier alpha value is -1.32. The molecule has 0 radical (unpaired) electrons. The second-order valence-corrected chi connectivity index (χ2v) is 4.05. The van der Waals surface area contributed by atoms with Gasteiger partial charge in [-0.2, -0.15) is 4.98 Å². The largest absolute Gasteiger partial charge is 0.478 e. The van der Waals surface area contributed by atoms with Gasteiger partial charge >= 0.3 is 0 Å². The zero-order valence-electron chi connectivity index (χ0n) is 10.9. The number of rotatable bonds is 9. The molecule has 0 saturated heterocycles. The zero-order chi connectivity index (χ0) is 12.3. The SMILES string of the molecule is CCCCCCOc1ccnc(NCCC)n1. The fourth-order valence-electron chi connectivity index (χ4n) is 1.45. The van der Waals surface area contributed by atoms with Crippen LogP contribution in [0.15, 0.2) is 12.3 Å². The van der Waals surface area contributed by atoms with Crippen molar-refractivity contribution < 1.29 is 4.74 Å². The minimum atomic E-state index is 0.651. The number of hydrogen-bond acceptors (Lipinski definition) is 4. The van der Waals surface area contributed by atoms with Crippen molar-refractivity contribution in [2.24, 2.45) is 0 Å².